The average molecular weight is 264 g/mol. The van der Waals surface area contributed by atoms with E-state index in [0.29, 0.717) is 23.6 Å². The highest BCUT2D eigenvalue weighted by Gasteiger charge is 2.37. The maximum absolute atomic E-state index is 12.3. The van der Waals surface area contributed by atoms with Gasteiger partial charge in [0.1, 0.15) is 11.5 Å². The van der Waals surface area contributed by atoms with Gasteiger partial charge in [-0.15, -0.1) is 0 Å². The molecule has 1 aromatic carbocycles. The lowest BCUT2D eigenvalue weighted by atomic mass is 9.76. The second-order valence-electron chi connectivity index (χ2n) is 4.86. The van der Waals surface area contributed by atoms with Crippen LogP contribution in [0.25, 0.3) is 0 Å². The molecule has 5 heteroatoms. The van der Waals surface area contributed by atoms with Crippen LogP contribution in [-0.4, -0.2) is 32.2 Å². The topological polar surface area (TPSA) is 73.6 Å². The van der Waals surface area contributed by atoms with Crippen molar-refractivity contribution in [2.45, 2.75) is 24.8 Å². The van der Waals surface area contributed by atoms with E-state index in [1.807, 2.05) is 0 Å². The molecular weight excluding hydrogens is 244 g/mol. The molecule has 19 heavy (non-hydrogen) atoms. The van der Waals surface area contributed by atoms with Crippen LogP contribution in [0, 0.1) is 0 Å². The van der Waals surface area contributed by atoms with Crippen molar-refractivity contribution >= 4 is 5.91 Å². The van der Waals surface area contributed by atoms with Crippen LogP contribution in [0.2, 0.25) is 0 Å². The minimum Gasteiger partial charge on any atom is -0.497 e. The number of nitrogens with two attached hydrogens (primary N) is 1. The van der Waals surface area contributed by atoms with Crippen LogP contribution in [0.5, 0.6) is 11.5 Å². The van der Waals surface area contributed by atoms with E-state index in [9.17, 15) is 4.79 Å². The smallest absolute Gasteiger partial charge is 0.255 e. The minimum atomic E-state index is -0.234. The van der Waals surface area contributed by atoms with Crippen LogP contribution in [-0.2, 0) is 0 Å². The van der Waals surface area contributed by atoms with E-state index in [1.165, 1.54) is 7.11 Å². The van der Waals surface area contributed by atoms with Gasteiger partial charge in [0.05, 0.1) is 25.3 Å². The van der Waals surface area contributed by atoms with Gasteiger partial charge >= 0.3 is 0 Å². The summed E-state index contributed by atoms with van der Waals surface area (Å²) >= 11 is 0. The Bertz CT molecular complexity index is 464. The van der Waals surface area contributed by atoms with E-state index in [-0.39, 0.29) is 11.4 Å². The molecule has 1 aliphatic rings. The maximum atomic E-state index is 12.3. The van der Waals surface area contributed by atoms with Gasteiger partial charge in [-0.25, -0.2) is 0 Å². The van der Waals surface area contributed by atoms with Gasteiger partial charge in [0.15, 0.2) is 0 Å². The lowest BCUT2D eigenvalue weighted by Crippen LogP contribution is -2.58. The monoisotopic (exact) mass is 264 g/mol. The van der Waals surface area contributed by atoms with E-state index in [1.54, 1.807) is 25.3 Å². The summed E-state index contributed by atoms with van der Waals surface area (Å²) in [6.07, 6.45) is 2.98. The third kappa shape index (κ3) is 2.66. The molecule has 1 fully saturated rings. The summed E-state index contributed by atoms with van der Waals surface area (Å²) < 4.78 is 10.4. The number of methoxy groups -OCH3 is 2. The summed E-state index contributed by atoms with van der Waals surface area (Å²) in [7, 11) is 3.11. The summed E-state index contributed by atoms with van der Waals surface area (Å²) in [6, 6.07) is 5.15. The van der Waals surface area contributed by atoms with E-state index in [0.717, 1.165) is 19.3 Å². The normalized spacial score (nSPS) is 16.4. The summed E-state index contributed by atoms with van der Waals surface area (Å²) in [5.74, 6) is 1.01. The van der Waals surface area contributed by atoms with Gasteiger partial charge in [-0.2, -0.15) is 0 Å². The molecule has 1 amide bonds. The molecule has 0 aromatic heterocycles. The number of ether oxygens (including phenoxy) is 2. The first-order valence-electron chi connectivity index (χ1n) is 6.39. The van der Waals surface area contributed by atoms with Crippen molar-refractivity contribution in [2.75, 3.05) is 20.8 Å². The Morgan fingerprint density at radius 3 is 2.58 bits per heavy atom. The highest BCUT2D eigenvalue weighted by molar-refractivity contribution is 5.97. The van der Waals surface area contributed by atoms with Crippen molar-refractivity contribution in [3.8, 4) is 11.5 Å². The van der Waals surface area contributed by atoms with Crippen LogP contribution in [0.3, 0.4) is 0 Å². The number of carbonyl (C=O) groups is 1. The van der Waals surface area contributed by atoms with Gasteiger partial charge in [0.25, 0.3) is 5.91 Å². The van der Waals surface area contributed by atoms with Crippen LogP contribution >= 0.6 is 0 Å². The Kier molecular flexibility index (Phi) is 3.95. The predicted octanol–water partition coefficient (Wildman–Crippen LogP) is 1.31. The number of carbonyl (C=O) groups excluding carboxylic acids is 1. The van der Waals surface area contributed by atoms with Crippen molar-refractivity contribution in [3.05, 3.63) is 23.8 Å². The Balaban J connectivity index is 2.18. The molecule has 2 rings (SSSR count). The summed E-state index contributed by atoms with van der Waals surface area (Å²) in [5.41, 5.74) is 6.01. The number of rotatable bonds is 5. The zero-order valence-electron chi connectivity index (χ0n) is 11.4. The van der Waals surface area contributed by atoms with Crippen molar-refractivity contribution < 1.29 is 14.3 Å². The fourth-order valence-electron chi connectivity index (χ4n) is 2.28. The van der Waals surface area contributed by atoms with E-state index < -0.39 is 0 Å². The third-order valence-electron chi connectivity index (χ3n) is 3.73. The molecule has 0 radical (unpaired) electrons. The highest BCUT2D eigenvalue weighted by atomic mass is 16.5. The number of benzene rings is 1. The second kappa shape index (κ2) is 5.48. The van der Waals surface area contributed by atoms with Crippen LogP contribution in [0.15, 0.2) is 18.2 Å². The largest absolute Gasteiger partial charge is 0.497 e. The molecule has 1 aliphatic carbocycles. The molecule has 3 N–H and O–H groups in total. The van der Waals surface area contributed by atoms with Crippen molar-refractivity contribution in [1.82, 2.24) is 5.32 Å². The molecule has 104 valence electrons. The fraction of sp³-hybridized carbons (Fsp3) is 0.500. The summed E-state index contributed by atoms with van der Waals surface area (Å²) in [6.45, 7) is 0.469. The highest BCUT2D eigenvalue weighted by Crippen LogP contribution is 2.32. The summed E-state index contributed by atoms with van der Waals surface area (Å²) in [4.78, 5) is 12.3. The molecule has 0 heterocycles. The lowest BCUT2D eigenvalue weighted by Gasteiger charge is -2.41. The molecule has 0 unspecified atom stereocenters. The molecule has 1 saturated carbocycles. The van der Waals surface area contributed by atoms with E-state index >= 15 is 0 Å². The lowest BCUT2D eigenvalue weighted by molar-refractivity contribution is 0.0834. The molecule has 0 atom stereocenters. The fourth-order valence-corrected chi connectivity index (χ4v) is 2.28. The number of amides is 1. The van der Waals surface area contributed by atoms with Crippen LogP contribution < -0.4 is 20.5 Å². The number of hydrogen-bond acceptors (Lipinski definition) is 4. The molecule has 0 spiro atoms. The Morgan fingerprint density at radius 1 is 1.37 bits per heavy atom. The first-order valence-corrected chi connectivity index (χ1v) is 6.39. The second-order valence-corrected chi connectivity index (χ2v) is 4.86. The molecule has 5 nitrogen and oxygen atoms in total. The van der Waals surface area contributed by atoms with Crippen LogP contribution in [0.4, 0.5) is 0 Å². The van der Waals surface area contributed by atoms with E-state index in [4.69, 9.17) is 15.2 Å². The Labute approximate surface area is 113 Å². The number of hydrogen-bond donors (Lipinski definition) is 2. The van der Waals surface area contributed by atoms with E-state index in [2.05, 4.69) is 5.32 Å². The Morgan fingerprint density at radius 2 is 2.11 bits per heavy atom. The number of nitrogens with one attached hydrogen (secondary N) is 1. The molecule has 0 bridgehead atoms. The Hall–Kier alpha value is -1.75. The SMILES string of the molecule is COc1ccc(C(=O)NC2(CN)CCC2)c(OC)c1. The zero-order valence-corrected chi connectivity index (χ0v) is 11.4. The van der Waals surface area contributed by atoms with Crippen molar-refractivity contribution in [3.63, 3.8) is 0 Å². The summed E-state index contributed by atoms with van der Waals surface area (Å²) in [5, 5.41) is 3.02. The van der Waals surface area contributed by atoms with Gasteiger partial charge < -0.3 is 20.5 Å². The molecule has 1 aromatic rings. The van der Waals surface area contributed by atoms with Crippen molar-refractivity contribution in [2.24, 2.45) is 5.73 Å². The third-order valence-corrected chi connectivity index (χ3v) is 3.73. The van der Waals surface area contributed by atoms with Gasteiger partial charge in [-0.05, 0) is 31.4 Å². The van der Waals surface area contributed by atoms with Gasteiger partial charge in [-0.1, -0.05) is 0 Å². The van der Waals surface area contributed by atoms with Gasteiger partial charge in [0, 0.05) is 12.6 Å². The first kappa shape index (κ1) is 13.7. The minimum absolute atomic E-state index is 0.148. The van der Waals surface area contributed by atoms with Gasteiger partial charge in [-0.3, -0.25) is 4.79 Å². The quantitative estimate of drug-likeness (QED) is 0.841. The van der Waals surface area contributed by atoms with Crippen LogP contribution in [0.1, 0.15) is 29.6 Å². The maximum Gasteiger partial charge on any atom is 0.255 e. The van der Waals surface area contributed by atoms with Crippen molar-refractivity contribution in [1.29, 1.82) is 0 Å². The molecule has 0 aliphatic heterocycles. The molecule has 0 saturated heterocycles. The zero-order chi connectivity index (χ0) is 13.9. The standard InChI is InChI=1S/C14H20N2O3/c1-18-10-4-5-11(12(8-10)19-2)13(17)16-14(9-15)6-3-7-14/h4-5,8H,3,6-7,9,15H2,1-2H3,(H,16,17). The first-order chi connectivity index (χ1) is 9.14. The van der Waals surface area contributed by atoms with Gasteiger partial charge in [0.2, 0.25) is 0 Å². The average Bonchev–Trinajstić information content (AvgIpc) is 2.41. The molecular formula is C14H20N2O3. The predicted molar refractivity (Wildman–Crippen MR) is 72.6 cm³/mol.